The Bertz CT molecular complexity index is 478. The Morgan fingerprint density at radius 2 is 2.24 bits per heavy atom. The quantitative estimate of drug-likeness (QED) is 0.865. The number of rotatable bonds is 5. The molecule has 5 heteroatoms. The third-order valence-electron chi connectivity index (χ3n) is 3.88. The Kier molecular flexibility index (Phi) is 5.73. The molecule has 1 aromatic carbocycles. The number of amides is 1. The highest BCUT2D eigenvalue weighted by molar-refractivity contribution is 5.78. The molecule has 1 N–H and O–H groups in total. The average Bonchev–Trinajstić information content (AvgIpc) is 2.49. The molecule has 1 fully saturated rings. The molecule has 0 spiro atoms. The maximum absolute atomic E-state index is 12.3. The van der Waals surface area contributed by atoms with Crippen LogP contribution in [-0.2, 0) is 16.1 Å². The van der Waals surface area contributed by atoms with Gasteiger partial charge in [0, 0.05) is 26.7 Å². The van der Waals surface area contributed by atoms with E-state index in [1.54, 1.807) is 4.90 Å². The molecule has 1 saturated heterocycles. The van der Waals surface area contributed by atoms with Gasteiger partial charge in [-0.2, -0.15) is 0 Å². The number of hydrogen-bond acceptors (Lipinski definition) is 4. The van der Waals surface area contributed by atoms with Crippen molar-refractivity contribution in [3.05, 3.63) is 35.4 Å². The van der Waals surface area contributed by atoms with Gasteiger partial charge in [0.05, 0.1) is 25.9 Å². The van der Waals surface area contributed by atoms with Crippen LogP contribution in [0, 0.1) is 6.92 Å². The van der Waals surface area contributed by atoms with Crippen molar-refractivity contribution in [3.63, 3.8) is 0 Å². The van der Waals surface area contributed by atoms with Crippen LogP contribution in [0.4, 0.5) is 0 Å². The number of benzene rings is 1. The van der Waals surface area contributed by atoms with Crippen LogP contribution in [0.1, 0.15) is 11.1 Å². The fourth-order valence-electron chi connectivity index (χ4n) is 2.48. The summed E-state index contributed by atoms with van der Waals surface area (Å²) in [6, 6.07) is 8.11. The molecule has 1 aliphatic heterocycles. The van der Waals surface area contributed by atoms with Crippen LogP contribution in [0.5, 0.6) is 0 Å². The molecule has 1 aliphatic rings. The predicted octanol–water partition coefficient (Wildman–Crippen LogP) is 0.647. The van der Waals surface area contributed by atoms with Gasteiger partial charge in [-0.25, -0.2) is 0 Å². The van der Waals surface area contributed by atoms with Gasteiger partial charge in [-0.3, -0.25) is 9.69 Å². The third kappa shape index (κ3) is 4.52. The van der Waals surface area contributed by atoms with E-state index in [1.807, 2.05) is 24.1 Å². The molecule has 0 aliphatic carbocycles. The fourth-order valence-corrected chi connectivity index (χ4v) is 2.48. The summed E-state index contributed by atoms with van der Waals surface area (Å²) in [5.74, 6) is 0.0943. The summed E-state index contributed by atoms with van der Waals surface area (Å²) in [4.78, 5) is 16.1. The van der Waals surface area contributed by atoms with E-state index in [9.17, 15) is 4.79 Å². The zero-order valence-corrected chi connectivity index (χ0v) is 12.8. The van der Waals surface area contributed by atoms with Crippen molar-refractivity contribution in [3.8, 4) is 0 Å². The summed E-state index contributed by atoms with van der Waals surface area (Å²) in [6.45, 7) is 4.98. The van der Waals surface area contributed by atoms with Crippen molar-refractivity contribution < 1.29 is 14.6 Å². The van der Waals surface area contributed by atoms with Crippen LogP contribution < -0.4 is 0 Å². The molecule has 116 valence electrons. The number of carbonyl (C=O) groups excluding carboxylic acids is 1. The van der Waals surface area contributed by atoms with Gasteiger partial charge in [0.2, 0.25) is 5.91 Å². The Morgan fingerprint density at radius 1 is 1.48 bits per heavy atom. The first-order chi connectivity index (χ1) is 10.1. The maximum Gasteiger partial charge on any atom is 0.236 e. The Balaban J connectivity index is 1.86. The van der Waals surface area contributed by atoms with E-state index in [-0.39, 0.29) is 18.6 Å². The van der Waals surface area contributed by atoms with E-state index in [2.05, 4.69) is 19.1 Å². The number of morpholine rings is 1. The van der Waals surface area contributed by atoms with Crippen LogP contribution in [-0.4, -0.2) is 66.8 Å². The highest BCUT2D eigenvalue weighted by atomic mass is 16.5. The molecule has 2 rings (SSSR count). The minimum atomic E-state index is -0.173. The number of nitrogens with zero attached hydrogens (tertiary/aromatic N) is 2. The standard InChI is InChI=1S/C16H24N2O3/c1-13-5-3-4-6-14(13)9-17(2)16(20)11-18-7-8-21-15(10-18)12-19/h3-6,15,19H,7-12H2,1-2H3. The number of carbonyl (C=O) groups is 1. The lowest BCUT2D eigenvalue weighted by Gasteiger charge is -2.32. The van der Waals surface area contributed by atoms with E-state index in [1.165, 1.54) is 11.1 Å². The molecule has 1 amide bonds. The third-order valence-corrected chi connectivity index (χ3v) is 3.88. The first kappa shape index (κ1) is 15.9. The number of ether oxygens (including phenoxy) is 1. The zero-order valence-electron chi connectivity index (χ0n) is 12.8. The van der Waals surface area contributed by atoms with Crippen molar-refractivity contribution >= 4 is 5.91 Å². The van der Waals surface area contributed by atoms with Crippen LogP contribution in [0.2, 0.25) is 0 Å². The van der Waals surface area contributed by atoms with E-state index in [4.69, 9.17) is 9.84 Å². The van der Waals surface area contributed by atoms with E-state index >= 15 is 0 Å². The molecular formula is C16H24N2O3. The van der Waals surface area contributed by atoms with Gasteiger partial charge in [0.1, 0.15) is 0 Å². The second kappa shape index (κ2) is 7.54. The molecule has 1 unspecified atom stereocenters. The molecule has 0 aromatic heterocycles. The molecular weight excluding hydrogens is 268 g/mol. The van der Waals surface area contributed by atoms with Crippen LogP contribution >= 0.6 is 0 Å². The monoisotopic (exact) mass is 292 g/mol. The first-order valence-corrected chi connectivity index (χ1v) is 7.33. The Labute approximate surface area is 126 Å². The molecule has 0 saturated carbocycles. The maximum atomic E-state index is 12.3. The molecule has 0 bridgehead atoms. The lowest BCUT2D eigenvalue weighted by Crippen LogP contribution is -2.48. The van der Waals surface area contributed by atoms with Gasteiger partial charge in [-0.05, 0) is 18.1 Å². The summed E-state index contributed by atoms with van der Waals surface area (Å²) in [5, 5.41) is 9.13. The molecule has 1 atom stereocenters. The highest BCUT2D eigenvalue weighted by Gasteiger charge is 2.22. The second-order valence-electron chi connectivity index (χ2n) is 5.59. The van der Waals surface area contributed by atoms with Gasteiger partial charge < -0.3 is 14.7 Å². The van der Waals surface area contributed by atoms with Crippen LogP contribution in [0.3, 0.4) is 0 Å². The first-order valence-electron chi connectivity index (χ1n) is 7.33. The fraction of sp³-hybridized carbons (Fsp3) is 0.562. The highest BCUT2D eigenvalue weighted by Crippen LogP contribution is 2.10. The molecule has 0 radical (unpaired) electrons. The van der Waals surface area contributed by atoms with Gasteiger partial charge in [0.15, 0.2) is 0 Å². The van der Waals surface area contributed by atoms with Crippen LogP contribution in [0.15, 0.2) is 24.3 Å². The number of hydrogen-bond donors (Lipinski definition) is 1. The van der Waals surface area contributed by atoms with Crippen molar-refractivity contribution in [2.24, 2.45) is 0 Å². The summed E-state index contributed by atoms with van der Waals surface area (Å²) >= 11 is 0. The van der Waals surface area contributed by atoms with E-state index in [0.29, 0.717) is 26.2 Å². The largest absolute Gasteiger partial charge is 0.394 e. The minimum Gasteiger partial charge on any atom is -0.394 e. The normalized spacial score (nSPS) is 19.5. The minimum absolute atomic E-state index is 0.00371. The average molecular weight is 292 g/mol. The van der Waals surface area contributed by atoms with Crippen molar-refractivity contribution in [2.75, 3.05) is 39.9 Å². The molecule has 21 heavy (non-hydrogen) atoms. The van der Waals surface area contributed by atoms with E-state index in [0.717, 1.165) is 6.54 Å². The van der Waals surface area contributed by atoms with Gasteiger partial charge >= 0.3 is 0 Å². The smallest absolute Gasteiger partial charge is 0.236 e. The number of likely N-dealkylation sites (N-methyl/N-ethyl adjacent to an activating group) is 1. The summed E-state index contributed by atoms with van der Waals surface area (Å²) in [7, 11) is 1.83. The van der Waals surface area contributed by atoms with Crippen molar-refractivity contribution in [1.82, 2.24) is 9.80 Å². The zero-order chi connectivity index (χ0) is 15.2. The SMILES string of the molecule is Cc1ccccc1CN(C)C(=O)CN1CCOC(CO)C1. The summed E-state index contributed by atoms with van der Waals surface area (Å²) in [6.07, 6.45) is -0.173. The molecule has 5 nitrogen and oxygen atoms in total. The number of aliphatic hydroxyl groups excluding tert-OH is 1. The van der Waals surface area contributed by atoms with Crippen LogP contribution in [0.25, 0.3) is 0 Å². The number of aryl methyl sites for hydroxylation is 1. The van der Waals surface area contributed by atoms with Gasteiger partial charge in [-0.1, -0.05) is 24.3 Å². The van der Waals surface area contributed by atoms with Gasteiger partial charge in [0.25, 0.3) is 0 Å². The lowest BCUT2D eigenvalue weighted by atomic mass is 10.1. The Morgan fingerprint density at radius 3 is 2.95 bits per heavy atom. The topological polar surface area (TPSA) is 53.0 Å². The summed E-state index contributed by atoms with van der Waals surface area (Å²) < 4.78 is 5.39. The lowest BCUT2D eigenvalue weighted by molar-refractivity contribution is -0.134. The number of aliphatic hydroxyl groups is 1. The molecule has 1 heterocycles. The van der Waals surface area contributed by atoms with Gasteiger partial charge in [-0.15, -0.1) is 0 Å². The molecule has 1 aromatic rings. The van der Waals surface area contributed by atoms with Crippen molar-refractivity contribution in [2.45, 2.75) is 19.6 Å². The van der Waals surface area contributed by atoms with Crippen molar-refractivity contribution in [1.29, 1.82) is 0 Å². The predicted molar refractivity (Wildman–Crippen MR) is 80.9 cm³/mol. The second-order valence-corrected chi connectivity index (χ2v) is 5.59. The summed E-state index contributed by atoms with van der Waals surface area (Å²) in [5.41, 5.74) is 2.37. The van der Waals surface area contributed by atoms with E-state index < -0.39 is 0 Å². The Hall–Kier alpha value is -1.43.